The van der Waals surface area contributed by atoms with Crippen molar-refractivity contribution in [2.45, 2.75) is 20.8 Å². The van der Waals surface area contributed by atoms with Crippen molar-refractivity contribution in [3.05, 3.63) is 41.0 Å². The molecule has 1 rings (SSSR count). The molecule has 0 atom stereocenters. The summed E-state index contributed by atoms with van der Waals surface area (Å²) in [4.78, 5) is 11.1. The standard InChI is InChI=1S/C13H16O2/c1-4-15-13(14)6-5-12-8-10(2)7-11(3)9-12/h5-9H,4H2,1-3H3/b6-5-. The predicted octanol–water partition coefficient (Wildman–Crippen LogP) is 2.88. The van der Waals surface area contributed by atoms with Crippen LogP contribution in [0, 0.1) is 13.8 Å². The van der Waals surface area contributed by atoms with Crippen molar-refractivity contribution in [3.8, 4) is 0 Å². The van der Waals surface area contributed by atoms with Crippen molar-refractivity contribution < 1.29 is 9.53 Å². The smallest absolute Gasteiger partial charge is 0.330 e. The molecule has 2 nitrogen and oxygen atoms in total. The van der Waals surface area contributed by atoms with Crippen LogP contribution in [0.2, 0.25) is 0 Å². The molecular formula is C13H16O2. The number of benzene rings is 1. The van der Waals surface area contributed by atoms with Gasteiger partial charge in [-0.15, -0.1) is 0 Å². The highest BCUT2D eigenvalue weighted by atomic mass is 16.5. The number of ether oxygens (including phenoxy) is 1. The molecule has 0 spiro atoms. The Morgan fingerprint density at radius 2 is 1.87 bits per heavy atom. The zero-order valence-corrected chi connectivity index (χ0v) is 9.41. The molecule has 2 heteroatoms. The van der Waals surface area contributed by atoms with Gasteiger partial charge >= 0.3 is 5.97 Å². The van der Waals surface area contributed by atoms with Crippen LogP contribution in [0.25, 0.3) is 6.08 Å². The van der Waals surface area contributed by atoms with E-state index in [0.717, 1.165) is 5.56 Å². The lowest BCUT2D eigenvalue weighted by atomic mass is 10.1. The molecule has 0 aliphatic rings. The van der Waals surface area contributed by atoms with E-state index < -0.39 is 0 Å². The maximum Gasteiger partial charge on any atom is 0.330 e. The van der Waals surface area contributed by atoms with Gasteiger partial charge in [0.1, 0.15) is 0 Å². The highest BCUT2D eigenvalue weighted by Gasteiger charge is 1.95. The van der Waals surface area contributed by atoms with Crippen LogP contribution in [0.5, 0.6) is 0 Å². The largest absolute Gasteiger partial charge is 0.463 e. The summed E-state index contributed by atoms with van der Waals surface area (Å²) < 4.78 is 4.80. The van der Waals surface area contributed by atoms with Crippen molar-refractivity contribution in [3.63, 3.8) is 0 Å². The fourth-order valence-electron chi connectivity index (χ4n) is 1.46. The molecule has 15 heavy (non-hydrogen) atoms. The molecule has 0 aliphatic carbocycles. The minimum atomic E-state index is -0.295. The topological polar surface area (TPSA) is 26.3 Å². The second-order valence-electron chi connectivity index (χ2n) is 3.51. The zero-order chi connectivity index (χ0) is 11.3. The molecule has 0 N–H and O–H groups in total. The van der Waals surface area contributed by atoms with Gasteiger partial charge in [-0.05, 0) is 32.4 Å². The average molecular weight is 204 g/mol. The molecule has 0 aliphatic heterocycles. The van der Waals surface area contributed by atoms with E-state index in [4.69, 9.17) is 4.74 Å². The van der Waals surface area contributed by atoms with E-state index in [0.29, 0.717) is 6.61 Å². The second kappa shape index (κ2) is 5.35. The molecular weight excluding hydrogens is 188 g/mol. The third kappa shape index (κ3) is 3.98. The molecule has 0 saturated carbocycles. The Hall–Kier alpha value is -1.57. The number of carbonyl (C=O) groups excluding carboxylic acids is 1. The van der Waals surface area contributed by atoms with Gasteiger partial charge in [-0.25, -0.2) is 4.79 Å². The van der Waals surface area contributed by atoms with Crippen molar-refractivity contribution >= 4 is 12.0 Å². The zero-order valence-electron chi connectivity index (χ0n) is 9.41. The molecule has 0 bridgehead atoms. The third-order valence-electron chi connectivity index (χ3n) is 1.94. The lowest BCUT2D eigenvalue weighted by molar-refractivity contribution is -0.137. The highest BCUT2D eigenvalue weighted by Crippen LogP contribution is 2.10. The van der Waals surface area contributed by atoms with Gasteiger partial charge in [0.05, 0.1) is 6.61 Å². The van der Waals surface area contributed by atoms with Gasteiger partial charge in [-0.3, -0.25) is 0 Å². The Kier molecular flexibility index (Phi) is 4.10. The lowest BCUT2D eigenvalue weighted by Crippen LogP contribution is -1.98. The lowest BCUT2D eigenvalue weighted by Gasteiger charge is -2.00. The van der Waals surface area contributed by atoms with Crippen molar-refractivity contribution in [1.29, 1.82) is 0 Å². The minimum absolute atomic E-state index is 0.295. The van der Waals surface area contributed by atoms with Crippen LogP contribution in [-0.4, -0.2) is 12.6 Å². The number of esters is 1. The van der Waals surface area contributed by atoms with Gasteiger partial charge in [-0.2, -0.15) is 0 Å². The maximum atomic E-state index is 11.1. The fourth-order valence-corrected chi connectivity index (χ4v) is 1.46. The summed E-state index contributed by atoms with van der Waals surface area (Å²) in [6, 6.07) is 6.16. The fraction of sp³-hybridized carbons (Fsp3) is 0.308. The Morgan fingerprint density at radius 1 is 1.27 bits per heavy atom. The quantitative estimate of drug-likeness (QED) is 0.559. The number of carbonyl (C=O) groups is 1. The van der Waals surface area contributed by atoms with E-state index in [2.05, 4.69) is 6.07 Å². The molecule has 1 aromatic rings. The first kappa shape index (κ1) is 11.5. The first-order valence-electron chi connectivity index (χ1n) is 5.05. The summed E-state index contributed by atoms with van der Waals surface area (Å²) in [7, 11) is 0. The van der Waals surface area contributed by atoms with Gasteiger partial charge in [-0.1, -0.05) is 29.3 Å². The molecule has 0 aromatic heterocycles. The van der Waals surface area contributed by atoms with Crippen molar-refractivity contribution in [1.82, 2.24) is 0 Å². The van der Waals surface area contributed by atoms with E-state index in [1.165, 1.54) is 17.2 Å². The van der Waals surface area contributed by atoms with Crippen molar-refractivity contribution in [2.24, 2.45) is 0 Å². The average Bonchev–Trinajstić information content (AvgIpc) is 2.14. The van der Waals surface area contributed by atoms with Crippen LogP contribution in [0.1, 0.15) is 23.6 Å². The monoisotopic (exact) mass is 204 g/mol. The first-order valence-corrected chi connectivity index (χ1v) is 5.05. The van der Waals surface area contributed by atoms with Crippen LogP contribution in [0.15, 0.2) is 24.3 Å². The molecule has 0 heterocycles. The predicted molar refractivity (Wildman–Crippen MR) is 61.6 cm³/mol. The van der Waals surface area contributed by atoms with Gasteiger partial charge in [0.25, 0.3) is 0 Å². The third-order valence-corrected chi connectivity index (χ3v) is 1.94. The Bertz CT molecular complexity index is 358. The summed E-state index contributed by atoms with van der Waals surface area (Å²) in [6.45, 7) is 6.28. The summed E-state index contributed by atoms with van der Waals surface area (Å²) >= 11 is 0. The van der Waals surface area contributed by atoms with E-state index in [1.54, 1.807) is 13.0 Å². The summed E-state index contributed by atoms with van der Waals surface area (Å²) in [5.41, 5.74) is 3.41. The molecule has 1 aromatic carbocycles. The van der Waals surface area contributed by atoms with Gasteiger partial charge in [0.15, 0.2) is 0 Å². The molecule has 0 radical (unpaired) electrons. The number of hydrogen-bond acceptors (Lipinski definition) is 2. The number of rotatable bonds is 3. The van der Waals surface area contributed by atoms with E-state index in [1.807, 2.05) is 26.0 Å². The summed E-state index contributed by atoms with van der Waals surface area (Å²) in [5, 5.41) is 0. The van der Waals surface area contributed by atoms with E-state index >= 15 is 0 Å². The van der Waals surface area contributed by atoms with Crippen LogP contribution in [0.4, 0.5) is 0 Å². The number of hydrogen-bond donors (Lipinski definition) is 0. The van der Waals surface area contributed by atoms with Gasteiger partial charge in [0.2, 0.25) is 0 Å². The first-order chi connectivity index (χ1) is 7.11. The van der Waals surface area contributed by atoms with Gasteiger partial charge < -0.3 is 4.74 Å². The molecule has 0 saturated heterocycles. The summed E-state index contributed by atoms with van der Waals surface area (Å²) in [6.07, 6.45) is 3.23. The van der Waals surface area contributed by atoms with Crippen LogP contribution >= 0.6 is 0 Å². The second-order valence-corrected chi connectivity index (χ2v) is 3.51. The Morgan fingerprint density at radius 3 is 2.40 bits per heavy atom. The molecule has 0 fully saturated rings. The normalized spacial score (nSPS) is 10.6. The van der Waals surface area contributed by atoms with E-state index in [-0.39, 0.29) is 5.97 Å². The Labute approximate surface area is 90.6 Å². The van der Waals surface area contributed by atoms with Crippen LogP contribution in [-0.2, 0) is 9.53 Å². The molecule has 80 valence electrons. The van der Waals surface area contributed by atoms with Gasteiger partial charge in [0, 0.05) is 6.08 Å². The van der Waals surface area contributed by atoms with Crippen LogP contribution < -0.4 is 0 Å². The maximum absolute atomic E-state index is 11.1. The highest BCUT2D eigenvalue weighted by molar-refractivity contribution is 5.87. The Balaban J connectivity index is 2.76. The van der Waals surface area contributed by atoms with E-state index in [9.17, 15) is 4.79 Å². The minimum Gasteiger partial charge on any atom is -0.463 e. The van der Waals surface area contributed by atoms with Crippen molar-refractivity contribution in [2.75, 3.05) is 6.61 Å². The number of aryl methyl sites for hydroxylation is 2. The van der Waals surface area contributed by atoms with Crippen LogP contribution in [0.3, 0.4) is 0 Å². The molecule has 0 amide bonds. The summed E-state index contributed by atoms with van der Waals surface area (Å²) in [5.74, 6) is -0.295. The molecule has 0 unspecified atom stereocenters. The SMILES string of the molecule is CCOC(=O)/C=C\c1cc(C)cc(C)c1.